The zero-order valence-electron chi connectivity index (χ0n) is 29.9. The summed E-state index contributed by atoms with van der Waals surface area (Å²) >= 11 is 4.29. The highest BCUT2D eigenvalue weighted by Crippen LogP contribution is 2.21. The summed E-state index contributed by atoms with van der Waals surface area (Å²) in [6, 6.07) is 0.973. The SMILES string of the molecule is CCO[Si](CCCCCCCCCCCCCCCCCCCCCCCCCCCCCCCCS)(OCC)OCC. The van der Waals surface area contributed by atoms with Crippen LogP contribution in [-0.4, -0.2) is 34.4 Å². The topological polar surface area (TPSA) is 27.7 Å². The summed E-state index contributed by atoms with van der Waals surface area (Å²) < 4.78 is 17.9. The lowest BCUT2D eigenvalue weighted by Crippen LogP contribution is -2.45. The molecule has 0 unspecified atom stereocenters. The van der Waals surface area contributed by atoms with Crippen molar-refractivity contribution in [2.75, 3.05) is 25.6 Å². The predicted molar refractivity (Wildman–Crippen MR) is 198 cm³/mol. The van der Waals surface area contributed by atoms with Crippen molar-refractivity contribution in [2.45, 2.75) is 219 Å². The summed E-state index contributed by atoms with van der Waals surface area (Å²) in [4.78, 5) is 0. The Hall–Kier alpha value is 0.447. The van der Waals surface area contributed by atoms with Gasteiger partial charge in [-0.25, -0.2) is 0 Å². The van der Waals surface area contributed by atoms with Crippen LogP contribution in [0.15, 0.2) is 0 Å². The van der Waals surface area contributed by atoms with E-state index in [9.17, 15) is 0 Å². The number of hydrogen-bond acceptors (Lipinski definition) is 4. The number of rotatable bonds is 38. The van der Waals surface area contributed by atoms with Crippen LogP contribution in [0.5, 0.6) is 0 Å². The third-order valence-electron chi connectivity index (χ3n) is 8.98. The second-order valence-corrected chi connectivity index (χ2v) is 16.2. The molecule has 0 saturated carbocycles. The van der Waals surface area contributed by atoms with E-state index < -0.39 is 8.80 Å². The maximum Gasteiger partial charge on any atom is 0.500 e. The molecule has 0 aliphatic heterocycles. The van der Waals surface area contributed by atoms with Gasteiger partial charge in [-0.1, -0.05) is 180 Å². The summed E-state index contributed by atoms with van der Waals surface area (Å²) in [6.45, 7) is 8.19. The van der Waals surface area contributed by atoms with Gasteiger partial charge in [0, 0.05) is 25.9 Å². The maximum absolute atomic E-state index is 5.97. The highest BCUT2D eigenvalue weighted by Gasteiger charge is 2.39. The maximum atomic E-state index is 5.97. The monoisotopic (exact) mass is 645 g/mol. The first-order valence-electron chi connectivity index (χ1n) is 19.8. The van der Waals surface area contributed by atoms with Crippen LogP contribution in [0.4, 0.5) is 0 Å². The Kier molecular flexibility index (Phi) is 37.3. The van der Waals surface area contributed by atoms with E-state index in [1.54, 1.807) is 0 Å². The van der Waals surface area contributed by atoms with E-state index in [1.807, 2.05) is 20.8 Å². The van der Waals surface area contributed by atoms with Gasteiger partial charge in [0.15, 0.2) is 0 Å². The molecule has 0 radical (unpaired) electrons. The summed E-state index contributed by atoms with van der Waals surface area (Å²) in [6.07, 6.45) is 42.9. The first-order chi connectivity index (χ1) is 21.2. The van der Waals surface area contributed by atoms with Gasteiger partial charge >= 0.3 is 8.80 Å². The molecule has 0 rings (SSSR count). The highest BCUT2D eigenvalue weighted by molar-refractivity contribution is 7.80. The predicted octanol–water partition coefficient (Wildman–Crippen LogP) is 13.7. The van der Waals surface area contributed by atoms with E-state index >= 15 is 0 Å². The van der Waals surface area contributed by atoms with E-state index in [2.05, 4.69) is 12.6 Å². The first kappa shape index (κ1) is 43.4. The van der Waals surface area contributed by atoms with Crippen LogP contribution in [0.25, 0.3) is 0 Å². The van der Waals surface area contributed by atoms with Gasteiger partial charge in [-0.2, -0.15) is 12.6 Å². The van der Waals surface area contributed by atoms with Crippen LogP contribution in [0.2, 0.25) is 6.04 Å². The number of hydrogen-bond donors (Lipinski definition) is 1. The fourth-order valence-electron chi connectivity index (χ4n) is 6.40. The van der Waals surface area contributed by atoms with Crippen LogP contribution in [0, 0.1) is 0 Å². The van der Waals surface area contributed by atoms with Crippen LogP contribution in [-0.2, 0) is 13.3 Å². The molecule has 3 nitrogen and oxygen atoms in total. The van der Waals surface area contributed by atoms with Crippen LogP contribution < -0.4 is 0 Å². The number of thiol groups is 1. The molecule has 0 aliphatic rings. The molecule has 260 valence electrons. The third kappa shape index (κ3) is 32.2. The molecule has 0 aromatic rings. The van der Waals surface area contributed by atoms with Gasteiger partial charge in [-0.05, 0) is 39.4 Å². The van der Waals surface area contributed by atoms with Gasteiger partial charge in [-0.15, -0.1) is 0 Å². The molecule has 0 aromatic heterocycles. The van der Waals surface area contributed by atoms with Crippen LogP contribution in [0.3, 0.4) is 0 Å². The molecule has 0 amide bonds. The van der Waals surface area contributed by atoms with Gasteiger partial charge in [0.25, 0.3) is 0 Å². The summed E-state index contributed by atoms with van der Waals surface area (Å²) in [5, 5.41) is 0. The summed E-state index contributed by atoms with van der Waals surface area (Å²) in [5.74, 6) is 1.06. The fraction of sp³-hybridized carbons (Fsp3) is 1.00. The van der Waals surface area contributed by atoms with Crippen molar-refractivity contribution in [1.82, 2.24) is 0 Å². The standard InChI is InChI=1S/C38H80O3SSi/c1-4-39-43(40-5-2,41-6-3)38-36-34-32-30-28-26-24-22-20-18-16-14-12-10-8-7-9-11-13-15-17-19-21-23-25-27-29-31-33-35-37-42/h42H,4-38H2,1-3H3. The average Bonchev–Trinajstić information content (AvgIpc) is 3.00. The van der Waals surface area contributed by atoms with Crippen molar-refractivity contribution >= 4 is 21.4 Å². The van der Waals surface area contributed by atoms with Gasteiger partial charge in [0.2, 0.25) is 0 Å². The van der Waals surface area contributed by atoms with E-state index in [4.69, 9.17) is 13.3 Å². The lowest BCUT2D eigenvalue weighted by Gasteiger charge is -2.28. The Morgan fingerprint density at radius 3 is 0.674 bits per heavy atom. The molecule has 0 heterocycles. The highest BCUT2D eigenvalue weighted by atomic mass is 32.1. The minimum absolute atomic E-state index is 0.685. The largest absolute Gasteiger partial charge is 0.500 e. The Morgan fingerprint density at radius 1 is 0.302 bits per heavy atom. The zero-order valence-corrected chi connectivity index (χ0v) is 31.8. The van der Waals surface area contributed by atoms with Crippen LogP contribution in [0.1, 0.15) is 213 Å². The van der Waals surface area contributed by atoms with Crippen molar-refractivity contribution in [2.24, 2.45) is 0 Å². The van der Waals surface area contributed by atoms with E-state index in [0.717, 1.165) is 11.8 Å². The van der Waals surface area contributed by atoms with E-state index in [0.29, 0.717) is 19.8 Å². The smallest absolute Gasteiger partial charge is 0.374 e. The Labute approximate surface area is 278 Å². The van der Waals surface area contributed by atoms with Crippen molar-refractivity contribution in [3.8, 4) is 0 Å². The number of unbranched alkanes of at least 4 members (excludes halogenated alkanes) is 29. The molecule has 0 bridgehead atoms. The van der Waals surface area contributed by atoms with Crippen molar-refractivity contribution in [3.05, 3.63) is 0 Å². The van der Waals surface area contributed by atoms with Gasteiger partial charge < -0.3 is 13.3 Å². The Bertz CT molecular complexity index is 491. The van der Waals surface area contributed by atoms with E-state index in [-0.39, 0.29) is 0 Å². The summed E-state index contributed by atoms with van der Waals surface area (Å²) in [7, 11) is -2.42. The van der Waals surface area contributed by atoms with Gasteiger partial charge in [0.05, 0.1) is 0 Å². The molecule has 5 heteroatoms. The lowest BCUT2D eigenvalue weighted by molar-refractivity contribution is 0.0706. The molecule has 0 saturated heterocycles. The second kappa shape index (κ2) is 36.9. The molecule has 0 atom stereocenters. The average molecular weight is 645 g/mol. The molecule has 0 N–H and O–H groups in total. The van der Waals surface area contributed by atoms with Crippen LogP contribution >= 0.6 is 12.6 Å². The zero-order chi connectivity index (χ0) is 31.4. The molecule has 0 spiro atoms. The lowest BCUT2D eigenvalue weighted by atomic mass is 10.0. The second-order valence-electron chi connectivity index (χ2n) is 13.1. The van der Waals surface area contributed by atoms with Gasteiger partial charge in [-0.3, -0.25) is 0 Å². The summed E-state index contributed by atoms with van der Waals surface area (Å²) in [5.41, 5.74) is 0. The molecule has 0 aliphatic carbocycles. The molecule has 0 aromatic carbocycles. The first-order valence-corrected chi connectivity index (χ1v) is 22.3. The Morgan fingerprint density at radius 2 is 0.488 bits per heavy atom. The minimum Gasteiger partial charge on any atom is -0.374 e. The third-order valence-corrected chi connectivity index (χ3v) is 12.5. The van der Waals surface area contributed by atoms with E-state index in [1.165, 1.54) is 193 Å². The minimum atomic E-state index is -2.42. The quantitative estimate of drug-likeness (QED) is 0.0412. The normalized spacial score (nSPS) is 12.0. The van der Waals surface area contributed by atoms with Crippen molar-refractivity contribution in [3.63, 3.8) is 0 Å². The molecule has 43 heavy (non-hydrogen) atoms. The fourth-order valence-corrected chi connectivity index (χ4v) is 9.31. The molecule has 0 fully saturated rings. The molecular weight excluding hydrogens is 565 g/mol. The van der Waals surface area contributed by atoms with Gasteiger partial charge in [0.1, 0.15) is 0 Å². The van der Waals surface area contributed by atoms with Crippen molar-refractivity contribution in [1.29, 1.82) is 0 Å². The van der Waals surface area contributed by atoms with Crippen molar-refractivity contribution < 1.29 is 13.3 Å². The Balaban J connectivity index is 3.24. The molecular formula is C38H80O3SSi.